The highest BCUT2D eigenvalue weighted by Crippen LogP contribution is 2.44. The number of hydrogen-bond acceptors (Lipinski definition) is 2. The van der Waals surface area contributed by atoms with Gasteiger partial charge in [0.25, 0.3) is 0 Å². The summed E-state index contributed by atoms with van der Waals surface area (Å²) in [5.41, 5.74) is 2.48. The molecule has 1 aromatic heterocycles. The minimum Gasteiger partial charge on any atom is -0.361 e. The van der Waals surface area contributed by atoms with Gasteiger partial charge < -0.3 is 10.3 Å². The first-order chi connectivity index (χ1) is 9.22. The molecule has 1 saturated carbocycles. The van der Waals surface area contributed by atoms with Crippen molar-refractivity contribution in [1.29, 1.82) is 5.26 Å². The van der Waals surface area contributed by atoms with Crippen LogP contribution >= 0.6 is 0 Å². The Morgan fingerprint density at radius 3 is 2.95 bits per heavy atom. The van der Waals surface area contributed by atoms with Crippen LogP contribution in [0.25, 0.3) is 10.9 Å². The lowest BCUT2D eigenvalue weighted by Crippen LogP contribution is -2.33. The van der Waals surface area contributed by atoms with Crippen molar-refractivity contribution < 1.29 is 0 Å². The van der Waals surface area contributed by atoms with E-state index in [9.17, 15) is 0 Å². The number of H-pyrrole nitrogens is 1. The zero-order chi connectivity index (χ0) is 13.3. The SMILES string of the molecule is C[C@H](Cc1c[nH]c2ccccc12)NCC1(C#N)CC1. The summed E-state index contributed by atoms with van der Waals surface area (Å²) in [6.45, 7) is 3.02. The van der Waals surface area contributed by atoms with Crippen molar-refractivity contribution in [2.45, 2.75) is 32.2 Å². The van der Waals surface area contributed by atoms with E-state index in [1.54, 1.807) is 0 Å². The minimum absolute atomic E-state index is 0.0610. The van der Waals surface area contributed by atoms with E-state index < -0.39 is 0 Å². The smallest absolute Gasteiger partial charge is 0.0703 e. The molecule has 1 aliphatic rings. The highest BCUT2D eigenvalue weighted by atomic mass is 14.9. The number of para-hydroxylation sites is 1. The monoisotopic (exact) mass is 253 g/mol. The topological polar surface area (TPSA) is 51.6 Å². The third-order valence-electron chi connectivity index (χ3n) is 4.08. The Morgan fingerprint density at radius 1 is 1.42 bits per heavy atom. The molecule has 19 heavy (non-hydrogen) atoms. The van der Waals surface area contributed by atoms with E-state index in [1.165, 1.54) is 16.5 Å². The number of aromatic amines is 1. The molecule has 0 radical (unpaired) electrons. The van der Waals surface area contributed by atoms with Gasteiger partial charge >= 0.3 is 0 Å². The zero-order valence-corrected chi connectivity index (χ0v) is 11.2. The lowest BCUT2D eigenvalue weighted by atomic mass is 10.0. The van der Waals surface area contributed by atoms with Gasteiger partial charge in [0, 0.05) is 29.7 Å². The first-order valence-electron chi connectivity index (χ1n) is 6.92. The highest BCUT2D eigenvalue weighted by molar-refractivity contribution is 5.83. The molecule has 1 fully saturated rings. The van der Waals surface area contributed by atoms with E-state index in [1.807, 2.05) is 6.07 Å². The van der Waals surface area contributed by atoms with E-state index in [0.29, 0.717) is 6.04 Å². The number of nitrogens with one attached hydrogen (secondary N) is 2. The third kappa shape index (κ3) is 2.50. The van der Waals surface area contributed by atoms with E-state index in [-0.39, 0.29) is 5.41 Å². The number of aromatic nitrogens is 1. The molecule has 0 saturated heterocycles. The summed E-state index contributed by atoms with van der Waals surface area (Å²) in [5, 5.41) is 13.9. The van der Waals surface area contributed by atoms with Gasteiger partial charge in [-0.2, -0.15) is 5.26 Å². The maximum absolute atomic E-state index is 9.07. The molecule has 1 aromatic carbocycles. The molecular formula is C16H19N3. The predicted molar refractivity (Wildman–Crippen MR) is 76.7 cm³/mol. The summed E-state index contributed by atoms with van der Waals surface area (Å²) < 4.78 is 0. The van der Waals surface area contributed by atoms with Gasteiger partial charge in [-0.1, -0.05) is 18.2 Å². The van der Waals surface area contributed by atoms with Crippen LogP contribution < -0.4 is 5.32 Å². The Labute approximate surface area is 113 Å². The number of fused-ring (bicyclic) bond motifs is 1. The number of rotatable bonds is 5. The highest BCUT2D eigenvalue weighted by Gasteiger charge is 2.42. The van der Waals surface area contributed by atoms with Gasteiger partial charge in [0.05, 0.1) is 11.5 Å². The van der Waals surface area contributed by atoms with Crippen molar-refractivity contribution in [2.24, 2.45) is 5.41 Å². The average molecular weight is 253 g/mol. The maximum atomic E-state index is 9.07. The summed E-state index contributed by atoms with van der Waals surface area (Å²) in [5.74, 6) is 0. The summed E-state index contributed by atoms with van der Waals surface area (Å²) >= 11 is 0. The average Bonchev–Trinajstić information content (AvgIpc) is 3.13. The van der Waals surface area contributed by atoms with Crippen LogP contribution in [0.1, 0.15) is 25.3 Å². The Balaban J connectivity index is 1.63. The fraction of sp³-hybridized carbons (Fsp3) is 0.438. The van der Waals surface area contributed by atoms with E-state index in [2.05, 4.69) is 47.7 Å². The molecule has 1 aliphatic carbocycles. The molecule has 3 rings (SSSR count). The largest absolute Gasteiger partial charge is 0.361 e. The maximum Gasteiger partial charge on any atom is 0.0703 e. The molecule has 1 atom stereocenters. The summed E-state index contributed by atoms with van der Waals surface area (Å²) in [6, 6.07) is 11.2. The lowest BCUT2D eigenvalue weighted by molar-refractivity contribution is 0.484. The number of nitrogens with zero attached hydrogens (tertiary/aromatic N) is 1. The molecule has 0 aliphatic heterocycles. The van der Waals surface area contributed by atoms with Gasteiger partial charge in [0.2, 0.25) is 0 Å². The molecular weight excluding hydrogens is 234 g/mol. The van der Waals surface area contributed by atoms with Crippen LogP contribution in [0.3, 0.4) is 0 Å². The Kier molecular flexibility index (Phi) is 3.04. The van der Waals surface area contributed by atoms with Gasteiger partial charge in [0.15, 0.2) is 0 Å². The number of benzene rings is 1. The van der Waals surface area contributed by atoms with Crippen molar-refractivity contribution in [2.75, 3.05) is 6.54 Å². The number of hydrogen-bond donors (Lipinski definition) is 2. The Morgan fingerprint density at radius 2 is 2.21 bits per heavy atom. The molecule has 98 valence electrons. The fourth-order valence-corrected chi connectivity index (χ4v) is 2.55. The van der Waals surface area contributed by atoms with E-state index in [0.717, 1.165) is 25.8 Å². The van der Waals surface area contributed by atoms with Crippen molar-refractivity contribution >= 4 is 10.9 Å². The Bertz CT molecular complexity index is 616. The molecule has 2 N–H and O–H groups in total. The second kappa shape index (κ2) is 4.71. The normalized spacial score (nSPS) is 18.1. The second-order valence-corrected chi connectivity index (χ2v) is 5.74. The molecule has 0 bridgehead atoms. The van der Waals surface area contributed by atoms with Crippen LogP contribution in [0.15, 0.2) is 30.5 Å². The molecule has 0 unspecified atom stereocenters. The lowest BCUT2D eigenvalue weighted by Gasteiger charge is -2.15. The number of nitriles is 1. The summed E-state index contributed by atoms with van der Waals surface area (Å²) in [7, 11) is 0. The van der Waals surface area contributed by atoms with Crippen LogP contribution in [0.2, 0.25) is 0 Å². The first kappa shape index (κ1) is 12.3. The molecule has 0 spiro atoms. The summed E-state index contributed by atoms with van der Waals surface area (Å²) in [6.07, 6.45) is 5.19. The predicted octanol–water partition coefficient (Wildman–Crippen LogP) is 2.99. The van der Waals surface area contributed by atoms with Crippen molar-refractivity contribution in [3.05, 3.63) is 36.0 Å². The van der Waals surface area contributed by atoms with Crippen LogP contribution in [0.4, 0.5) is 0 Å². The van der Waals surface area contributed by atoms with Gasteiger partial charge in [-0.25, -0.2) is 0 Å². The molecule has 1 heterocycles. The zero-order valence-electron chi connectivity index (χ0n) is 11.2. The second-order valence-electron chi connectivity index (χ2n) is 5.74. The van der Waals surface area contributed by atoms with Gasteiger partial charge in [-0.15, -0.1) is 0 Å². The molecule has 3 heteroatoms. The van der Waals surface area contributed by atoms with Crippen LogP contribution in [-0.4, -0.2) is 17.6 Å². The quantitative estimate of drug-likeness (QED) is 0.860. The molecule has 3 nitrogen and oxygen atoms in total. The van der Waals surface area contributed by atoms with Gasteiger partial charge in [-0.05, 0) is 37.8 Å². The van der Waals surface area contributed by atoms with Gasteiger partial charge in [0.1, 0.15) is 0 Å². The Hall–Kier alpha value is -1.79. The van der Waals surface area contributed by atoms with Crippen LogP contribution in [-0.2, 0) is 6.42 Å². The van der Waals surface area contributed by atoms with Gasteiger partial charge in [-0.3, -0.25) is 0 Å². The van der Waals surface area contributed by atoms with Crippen LogP contribution in [0.5, 0.6) is 0 Å². The molecule has 0 amide bonds. The fourth-order valence-electron chi connectivity index (χ4n) is 2.55. The minimum atomic E-state index is -0.0610. The third-order valence-corrected chi connectivity index (χ3v) is 4.08. The van der Waals surface area contributed by atoms with Crippen molar-refractivity contribution in [3.63, 3.8) is 0 Å². The van der Waals surface area contributed by atoms with Crippen molar-refractivity contribution in [3.8, 4) is 6.07 Å². The molecule has 2 aromatic rings. The van der Waals surface area contributed by atoms with Crippen molar-refractivity contribution in [1.82, 2.24) is 10.3 Å². The van der Waals surface area contributed by atoms with E-state index in [4.69, 9.17) is 5.26 Å². The van der Waals surface area contributed by atoms with Crippen LogP contribution in [0, 0.1) is 16.7 Å². The first-order valence-corrected chi connectivity index (χ1v) is 6.92. The standard InChI is InChI=1S/C16H19N3/c1-12(19-11-16(10-17)6-7-16)8-13-9-18-15-5-3-2-4-14(13)15/h2-5,9,12,18-19H,6-8,11H2,1H3/t12-/m1/s1. The summed E-state index contributed by atoms with van der Waals surface area (Å²) in [4.78, 5) is 3.31. The van der Waals surface area contributed by atoms with E-state index >= 15 is 0 Å².